The molecule has 0 aliphatic heterocycles. The molecular weight excluding hydrogens is 276 g/mol. The van der Waals surface area contributed by atoms with Gasteiger partial charge in [0.25, 0.3) is 5.91 Å². The molecule has 1 aliphatic carbocycles. The molecule has 0 N–H and O–H groups in total. The van der Waals surface area contributed by atoms with E-state index in [9.17, 15) is 4.79 Å². The largest absolute Gasteiger partial charge is 0.337 e. The molecule has 1 aliphatic rings. The van der Waals surface area contributed by atoms with Crippen LogP contribution in [0.2, 0.25) is 0 Å². The van der Waals surface area contributed by atoms with Crippen LogP contribution in [0.5, 0.6) is 0 Å². The Balaban J connectivity index is 1.76. The van der Waals surface area contributed by atoms with Gasteiger partial charge in [0.15, 0.2) is 0 Å². The number of thiazole rings is 1. The summed E-state index contributed by atoms with van der Waals surface area (Å²) in [7, 11) is 1.88. The SMILES string of the molecule is CC(C1CC1)N(C)C(=O)c1csc(-c2cccs2)n1. The smallest absolute Gasteiger partial charge is 0.273 e. The van der Waals surface area contributed by atoms with Crippen molar-refractivity contribution in [2.24, 2.45) is 5.92 Å². The van der Waals surface area contributed by atoms with Crippen molar-refractivity contribution in [3.63, 3.8) is 0 Å². The van der Waals surface area contributed by atoms with E-state index in [1.165, 1.54) is 12.8 Å². The van der Waals surface area contributed by atoms with Crippen LogP contribution in [0.4, 0.5) is 0 Å². The highest BCUT2D eigenvalue weighted by Gasteiger charge is 2.33. The molecule has 2 aromatic rings. The summed E-state index contributed by atoms with van der Waals surface area (Å²) in [6, 6.07) is 4.36. The number of hydrogen-bond donors (Lipinski definition) is 0. The van der Waals surface area contributed by atoms with Gasteiger partial charge in [0.05, 0.1) is 4.88 Å². The Morgan fingerprint density at radius 1 is 1.47 bits per heavy atom. The standard InChI is InChI=1S/C14H16N2OS2/c1-9(10-5-6-10)16(2)14(17)11-8-19-13(15-11)12-4-3-7-18-12/h3-4,7-10H,5-6H2,1-2H3. The van der Waals surface area contributed by atoms with Crippen molar-refractivity contribution in [1.29, 1.82) is 0 Å². The van der Waals surface area contributed by atoms with Crippen molar-refractivity contribution in [3.05, 3.63) is 28.6 Å². The molecule has 1 unspecified atom stereocenters. The third-order valence-corrected chi connectivity index (χ3v) is 5.57. The zero-order valence-electron chi connectivity index (χ0n) is 11.0. The molecule has 3 nitrogen and oxygen atoms in total. The number of hydrogen-bond acceptors (Lipinski definition) is 4. The first-order valence-corrected chi connectivity index (χ1v) is 8.19. The topological polar surface area (TPSA) is 33.2 Å². The highest BCUT2D eigenvalue weighted by molar-refractivity contribution is 7.20. The van der Waals surface area contributed by atoms with Crippen molar-refractivity contribution < 1.29 is 4.79 Å². The fraction of sp³-hybridized carbons (Fsp3) is 0.429. The minimum absolute atomic E-state index is 0.0402. The summed E-state index contributed by atoms with van der Waals surface area (Å²) in [5.74, 6) is 0.725. The Morgan fingerprint density at radius 3 is 2.89 bits per heavy atom. The maximum Gasteiger partial charge on any atom is 0.273 e. The average molecular weight is 292 g/mol. The summed E-state index contributed by atoms with van der Waals surface area (Å²) >= 11 is 3.19. The van der Waals surface area contributed by atoms with E-state index in [4.69, 9.17) is 0 Å². The van der Waals surface area contributed by atoms with E-state index in [-0.39, 0.29) is 5.91 Å². The summed E-state index contributed by atoms with van der Waals surface area (Å²) < 4.78 is 0. The Labute approximate surface area is 120 Å². The summed E-state index contributed by atoms with van der Waals surface area (Å²) in [5, 5.41) is 4.83. The van der Waals surface area contributed by atoms with Crippen LogP contribution in [0.15, 0.2) is 22.9 Å². The Kier molecular flexibility index (Phi) is 3.41. The minimum Gasteiger partial charge on any atom is -0.337 e. The summed E-state index contributed by atoms with van der Waals surface area (Å²) in [5.41, 5.74) is 0.573. The van der Waals surface area contributed by atoms with Gasteiger partial charge >= 0.3 is 0 Å². The number of carbonyl (C=O) groups excluding carboxylic acids is 1. The molecule has 19 heavy (non-hydrogen) atoms. The van der Waals surface area contributed by atoms with E-state index in [1.54, 1.807) is 22.7 Å². The molecule has 2 heterocycles. The third-order valence-electron chi connectivity index (χ3n) is 3.69. The Morgan fingerprint density at radius 2 is 2.26 bits per heavy atom. The van der Waals surface area contributed by atoms with Gasteiger partial charge in [-0.25, -0.2) is 4.98 Å². The molecule has 3 rings (SSSR count). The lowest BCUT2D eigenvalue weighted by Gasteiger charge is -2.23. The first kappa shape index (κ1) is 12.8. The first-order valence-electron chi connectivity index (χ1n) is 6.43. The number of aromatic nitrogens is 1. The fourth-order valence-electron chi connectivity index (χ4n) is 2.15. The van der Waals surface area contributed by atoms with Gasteiger partial charge in [0.2, 0.25) is 0 Å². The van der Waals surface area contributed by atoms with Gasteiger partial charge in [-0.3, -0.25) is 4.79 Å². The zero-order chi connectivity index (χ0) is 13.4. The molecule has 100 valence electrons. The first-order chi connectivity index (χ1) is 9.16. The summed E-state index contributed by atoms with van der Waals surface area (Å²) in [4.78, 5) is 19.8. The van der Waals surface area contributed by atoms with Crippen molar-refractivity contribution in [2.75, 3.05) is 7.05 Å². The monoisotopic (exact) mass is 292 g/mol. The van der Waals surface area contributed by atoms with Crippen molar-refractivity contribution in [3.8, 4) is 9.88 Å². The Hall–Kier alpha value is -1.20. The van der Waals surface area contributed by atoms with Gasteiger partial charge in [0, 0.05) is 18.5 Å². The maximum atomic E-state index is 12.4. The fourth-order valence-corrected chi connectivity index (χ4v) is 3.75. The second-order valence-electron chi connectivity index (χ2n) is 5.01. The van der Waals surface area contributed by atoms with Gasteiger partial charge in [-0.05, 0) is 37.1 Å². The quantitative estimate of drug-likeness (QED) is 0.860. The minimum atomic E-state index is 0.0402. The molecule has 5 heteroatoms. The molecule has 1 fully saturated rings. The van der Waals surface area contributed by atoms with Gasteiger partial charge in [-0.2, -0.15) is 0 Å². The molecule has 0 spiro atoms. The molecule has 0 bridgehead atoms. The zero-order valence-corrected chi connectivity index (χ0v) is 12.6. The van der Waals surface area contributed by atoms with Crippen LogP contribution in [0, 0.1) is 5.92 Å². The number of nitrogens with zero attached hydrogens (tertiary/aromatic N) is 2. The van der Waals surface area contributed by atoms with Crippen LogP contribution >= 0.6 is 22.7 Å². The lowest BCUT2D eigenvalue weighted by atomic mass is 10.2. The van der Waals surface area contributed by atoms with Crippen LogP contribution in [0.25, 0.3) is 9.88 Å². The van der Waals surface area contributed by atoms with Crippen LogP contribution in [0.1, 0.15) is 30.3 Å². The normalized spacial score (nSPS) is 16.3. The van der Waals surface area contributed by atoms with E-state index in [1.807, 2.05) is 34.8 Å². The molecule has 1 amide bonds. The van der Waals surface area contributed by atoms with Crippen molar-refractivity contribution in [2.45, 2.75) is 25.8 Å². The highest BCUT2D eigenvalue weighted by atomic mass is 32.1. The van der Waals surface area contributed by atoms with Gasteiger partial charge in [0.1, 0.15) is 10.7 Å². The van der Waals surface area contributed by atoms with E-state index in [0.29, 0.717) is 17.7 Å². The van der Waals surface area contributed by atoms with E-state index < -0.39 is 0 Å². The lowest BCUT2D eigenvalue weighted by molar-refractivity contribution is 0.0722. The molecular formula is C14H16N2OS2. The van der Waals surface area contributed by atoms with Crippen molar-refractivity contribution in [1.82, 2.24) is 9.88 Å². The second kappa shape index (κ2) is 5.06. The predicted molar refractivity (Wildman–Crippen MR) is 79.7 cm³/mol. The molecule has 1 atom stereocenters. The number of thiophene rings is 1. The van der Waals surface area contributed by atoms with Gasteiger partial charge < -0.3 is 4.90 Å². The molecule has 1 saturated carbocycles. The summed E-state index contributed by atoms with van der Waals surface area (Å²) in [6.07, 6.45) is 2.49. The maximum absolute atomic E-state index is 12.4. The van der Waals surface area contributed by atoms with Gasteiger partial charge in [-0.1, -0.05) is 6.07 Å². The highest BCUT2D eigenvalue weighted by Crippen LogP contribution is 2.35. The average Bonchev–Trinajstić information content (AvgIpc) is 2.94. The number of amides is 1. The molecule has 0 aromatic carbocycles. The lowest BCUT2D eigenvalue weighted by Crippen LogP contribution is -2.36. The van der Waals surface area contributed by atoms with Crippen LogP contribution in [-0.2, 0) is 0 Å². The number of carbonyl (C=O) groups is 1. The molecule has 0 saturated heterocycles. The van der Waals surface area contributed by atoms with Crippen LogP contribution < -0.4 is 0 Å². The van der Waals surface area contributed by atoms with Crippen LogP contribution in [-0.4, -0.2) is 28.9 Å². The number of rotatable bonds is 4. The Bertz CT molecular complexity index is 572. The van der Waals surface area contributed by atoms with E-state index >= 15 is 0 Å². The second-order valence-corrected chi connectivity index (χ2v) is 6.82. The predicted octanol–water partition coefficient (Wildman–Crippen LogP) is 3.74. The van der Waals surface area contributed by atoms with Crippen molar-refractivity contribution >= 4 is 28.6 Å². The molecule has 0 radical (unpaired) electrons. The third kappa shape index (κ3) is 2.58. The van der Waals surface area contributed by atoms with E-state index in [2.05, 4.69) is 11.9 Å². The molecule has 2 aromatic heterocycles. The van der Waals surface area contributed by atoms with Crippen LogP contribution in [0.3, 0.4) is 0 Å². The summed E-state index contributed by atoms with van der Waals surface area (Å²) in [6.45, 7) is 2.13. The van der Waals surface area contributed by atoms with E-state index in [0.717, 1.165) is 9.88 Å². The van der Waals surface area contributed by atoms with Gasteiger partial charge in [-0.15, -0.1) is 22.7 Å².